The van der Waals surface area contributed by atoms with E-state index in [2.05, 4.69) is 10.3 Å². The lowest BCUT2D eigenvalue weighted by Crippen LogP contribution is -2.22. The van der Waals surface area contributed by atoms with Gasteiger partial charge in [-0.3, -0.25) is 0 Å². The average Bonchev–Trinajstić information content (AvgIpc) is 2.95. The fraction of sp³-hybridized carbons (Fsp3) is 0.211. The van der Waals surface area contributed by atoms with E-state index < -0.39 is 0 Å². The monoisotopic (exact) mass is 357 g/mol. The number of aliphatic imine (C=N–C) groups is 1. The first-order valence-electron chi connectivity index (χ1n) is 7.98. The van der Waals surface area contributed by atoms with Crippen molar-refractivity contribution in [1.29, 1.82) is 0 Å². The van der Waals surface area contributed by atoms with Gasteiger partial charge in [-0.15, -0.1) is 0 Å². The van der Waals surface area contributed by atoms with Crippen LogP contribution in [0, 0.1) is 12.7 Å². The molecule has 2 aromatic carbocycles. The van der Waals surface area contributed by atoms with Crippen LogP contribution in [0.3, 0.4) is 0 Å². The van der Waals surface area contributed by atoms with Crippen LogP contribution in [-0.4, -0.2) is 20.2 Å². The number of methoxy groups -OCH3 is 2. The largest absolute Gasteiger partial charge is 0.493 e. The molecule has 0 spiro atoms. The molecule has 0 aliphatic rings. The van der Waals surface area contributed by atoms with Gasteiger partial charge >= 0.3 is 0 Å². The van der Waals surface area contributed by atoms with Gasteiger partial charge < -0.3 is 24.9 Å². The van der Waals surface area contributed by atoms with Crippen molar-refractivity contribution in [3.8, 4) is 11.5 Å². The molecular formula is C19H20FN3O3. The summed E-state index contributed by atoms with van der Waals surface area (Å²) in [7, 11) is 3.13. The van der Waals surface area contributed by atoms with Crippen LogP contribution < -0.4 is 20.5 Å². The number of rotatable bonds is 5. The Morgan fingerprint density at radius 3 is 2.65 bits per heavy atom. The van der Waals surface area contributed by atoms with Crippen molar-refractivity contribution in [2.24, 2.45) is 10.7 Å². The van der Waals surface area contributed by atoms with Crippen molar-refractivity contribution in [1.82, 2.24) is 0 Å². The zero-order chi connectivity index (χ0) is 18.7. The lowest BCUT2D eigenvalue weighted by molar-refractivity contribution is 0.355. The number of nitrogens with zero attached hydrogens (tertiary/aromatic N) is 1. The van der Waals surface area contributed by atoms with Crippen molar-refractivity contribution >= 4 is 22.6 Å². The summed E-state index contributed by atoms with van der Waals surface area (Å²) in [5.74, 6) is 1.77. The van der Waals surface area contributed by atoms with Gasteiger partial charge in [-0.1, -0.05) is 0 Å². The second-order valence-corrected chi connectivity index (χ2v) is 5.69. The van der Waals surface area contributed by atoms with Gasteiger partial charge in [0.05, 0.1) is 14.2 Å². The predicted molar refractivity (Wildman–Crippen MR) is 99.4 cm³/mol. The van der Waals surface area contributed by atoms with E-state index in [4.69, 9.17) is 19.6 Å². The molecule has 7 heteroatoms. The second-order valence-electron chi connectivity index (χ2n) is 5.69. The molecule has 0 saturated heterocycles. The van der Waals surface area contributed by atoms with Crippen LogP contribution in [0.15, 0.2) is 45.8 Å². The molecule has 0 radical (unpaired) electrons. The Balaban J connectivity index is 1.76. The van der Waals surface area contributed by atoms with Crippen LogP contribution in [0.2, 0.25) is 0 Å². The van der Waals surface area contributed by atoms with Gasteiger partial charge in [0.15, 0.2) is 17.5 Å². The molecule has 0 unspecified atom stereocenters. The molecule has 1 aromatic heterocycles. The molecule has 0 saturated carbocycles. The molecule has 0 fully saturated rings. The Morgan fingerprint density at radius 1 is 1.15 bits per heavy atom. The normalized spacial score (nSPS) is 11.6. The van der Waals surface area contributed by atoms with E-state index in [9.17, 15) is 4.39 Å². The average molecular weight is 357 g/mol. The molecule has 0 aliphatic heterocycles. The molecule has 1 heterocycles. The SMILES string of the molecule is COc1ccc(NC(N)=NCc2oc3ccc(F)cc3c2C)cc1OC. The van der Waals surface area contributed by atoms with Gasteiger partial charge in [0, 0.05) is 22.7 Å². The quantitative estimate of drug-likeness (QED) is 0.536. The molecular weight excluding hydrogens is 337 g/mol. The molecule has 136 valence electrons. The number of nitrogens with one attached hydrogen (secondary N) is 1. The summed E-state index contributed by atoms with van der Waals surface area (Å²) in [4.78, 5) is 4.29. The maximum Gasteiger partial charge on any atom is 0.193 e. The maximum atomic E-state index is 13.4. The minimum Gasteiger partial charge on any atom is -0.493 e. The number of ether oxygens (including phenoxy) is 2. The topological polar surface area (TPSA) is 82.0 Å². The van der Waals surface area contributed by atoms with Crippen LogP contribution in [-0.2, 0) is 6.54 Å². The number of benzene rings is 2. The summed E-state index contributed by atoms with van der Waals surface area (Å²) in [5.41, 5.74) is 8.14. The molecule has 0 atom stereocenters. The maximum absolute atomic E-state index is 13.4. The number of hydrogen-bond acceptors (Lipinski definition) is 4. The van der Waals surface area contributed by atoms with Crippen molar-refractivity contribution in [2.45, 2.75) is 13.5 Å². The molecule has 3 aromatic rings. The van der Waals surface area contributed by atoms with E-state index in [0.717, 1.165) is 10.9 Å². The molecule has 0 amide bonds. The molecule has 6 nitrogen and oxygen atoms in total. The molecule has 3 rings (SSSR count). The van der Waals surface area contributed by atoms with E-state index in [1.165, 1.54) is 12.1 Å². The third-order valence-corrected chi connectivity index (χ3v) is 4.05. The molecule has 3 N–H and O–H groups in total. The highest BCUT2D eigenvalue weighted by atomic mass is 19.1. The Labute approximate surface area is 150 Å². The lowest BCUT2D eigenvalue weighted by atomic mass is 10.1. The van der Waals surface area contributed by atoms with E-state index in [1.54, 1.807) is 38.5 Å². The Kier molecular flexibility index (Phi) is 4.97. The summed E-state index contributed by atoms with van der Waals surface area (Å²) >= 11 is 0. The number of hydrogen-bond donors (Lipinski definition) is 2. The van der Waals surface area contributed by atoms with Gasteiger partial charge in [0.1, 0.15) is 23.7 Å². The summed E-state index contributed by atoms with van der Waals surface area (Å²) in [6, 6.07) is 9.76. The number of furan rings is 1. The first kappa shape index (κ1) is 17.6. The van der Waals surface area contributed by atoms with E-state index in [0.29, 0.717) is 28.5 Å². The van der Waals surface area contributed by atoms with Crippen molar-refractivity contribution in [3.63, 3.8) is 0 Å². The minimum absolute atomic E-state index is 0.225. The number of guanidine groups is 1. The van der Waals surface area contributed by atoms with Crippen molar-refractivity contribution in [3.05, 3.63) is 53.5 Å². The van der Waals surface area contributed by atoms with Crippen LogP contribution in [0.4, 0.5) is 10.1 Å². The number of fused-ring (bicyclic) bond motifs is 1. The summed E-state index contributed by atoms with van der Waals surface area (Å²) < 4.78 is 29.6. The van der Waals surface area contributed by atoms with Crippen molar-refractivity contribution < 1.29 is 18.3 Å². The van der Waals surface area contributed by atoms with Gasteiger partial charge in [0.2, 0.25) is 0 Å². The summed E-state index contributed by atoms with van der Waals surface area (Å²) in [6.45, 7) is 2.11. The van der Waals surface area contributed by atoms with Crippen LogP contribution in [0.25, 0.3) is 11.0 Å². The highest BCUT2D eigenvalue weighted by molar-refractivity contribution is 5.92. The van der Waals surface area contributed by atoms with Gasteiger partial charge in [-0.2, -0.15) is 0 Å². The highest BCUT2D eigenvalue weighted by Gasteiger charge is 2.11. The van der Waals surface area contributed by atoms with Gasteiger partial charge in [-0.25, -0.2) is 9.38 Å². The summed E-state index contributed by atoms with van der Waals surface area (Å²) in [5, 5.41) is 3.73. The van der Waals surface area contributed by atoms with Crippen molar-refractivity contribution in [2.75, 3.05) is 19.5 Å². The zero-order valence-corrected chi connectivity index (χ0v) is 14.8. The van der Waals surface area contributed by atoms with Crippen LogP contribution in [0.5, 0.6) is 11.5 Å². The highest BCUT2D eigenvalue weighted by Crippen LogP contribution is 2.30. The molecule has 26 heavy (non-hydrogen) atoms. The predicted octanol–water partition coefficient (Wildman–Crippen LogP) is 3.82. The third-order valence-electron chi connectivity index (χ3n) is 4.05. The second kappa shape index (κ2) is 7.35. The summed E-state index contributed by atoms with van der Waals surface area (Å²) in [6.07, 6.45) is 0. The molecule has 0 bridgehead atoms. The van der Waals surface area contributed by atoms with E-state index in [-0.39, 0.29) is 18.3 Å². The number of aryl methyl sites for hydroxylation is 1. The van der Waals surface area contributed by atoms with E-state index in [1.807, 2.05) is 6.92 Å². The lowest BCUT2D eigenvalue weighted by Gasteiger charge is -2.10. The van der Waals surface area contributed by atoms with E-state index >= 15 is 0 Å². The first-order valence-corrected chi connectivity index (χ1v) is 7.98. The fourth-order valence-corrected chi connectivity index (χ4v) is 2.65. The van der Waals surface area contributed by atoms with Crippen LogP contribution >= 0.6 is 0 Å². The number of nitrogens with two attached hydrogens (primary N) is 1. The molecule has 0 aliphatic carbocycles. The van der Waals surface area contributed by atoms with Gasteiger partial charge in [-0.05, 0) is 37.3 Å². The zero-order valence-electron chi connectivity index (χ0n) is 14.8. The smallest absolute Gasteiger partial charge is 0.193 e. The Bertz CT molecular complexity index is 966. The Morgan fingerprint density at radius 2 is 1.92 bits per heavy atom. The van der Waals surface area contributed by atoms with Gasteiger partial charge in [0.25, 0.3) is 0 Å². The first-order chi connectivity index (χ1) is 12.5. The fourth-order valence-electron chi connectivity index (χ4n) is 2.65. The number of halogens is 1. The number of anilines is 1. The Hall–Kier alpha value is -3.22. The van der Waals surface area contributed by atoms with Crippen LogP contribution in [0.1, 0.15) is 11.3 Å². The minimum atomic E-state index is -0.300. The third kappa shape index (κ3) is 3.56. The standard InChI is InChI=1S/C19H20FN3O3/c1-11-14-8-12(20)4-6-15(14)26-18(11)10-22-19(21)23-13-5-7-16(24-2)17(9-13)25-3/h4-9H,10H2,1-3H3,(H3,21,22,23).